The van der Waals surface area contributed by atoms with Crippen LogP contribution >= 0.6 is 0 Å². The van der Waals surface area contributed by atoms with Gasteiger partial charge in [-0.25, -0.2) is 0 Å². The first-order valence-corrected chi connectivity index (χ1v) is 4.16. The van der Waals surface area contributed by atoms with Crippen LogP contribution in [-0.4, -0.2) is 17.7 Å². The largest absolute Gasteiger partial charge is 0.401 e. The summed E-state index contributed by atoms with van der Waals surface area (Å²) in [6.07, 6.45) is -2.59. The monoisotopic (exact) mass is 204 g/mol. The molecule has 0 aliphatic carbocycles. The summed E-state index contributed by atoms with van der Waals surface area (Å²) in [5.41, 5.74) is 1.60. The van der Waals surface area contributed by atoms with Crippen molar-refractivity contribution >= 4 is 0 Å². The van der Waals surface area contributed by atoms with Gasteiger partial charge >= 0.3 is 6.18 Å². The van der Waals surface area contributed by atoms with Gasteiger partial charge in [0, 0.05) is 18.4 Å². The summed E-state index contributed by atoms with van der Waals surface area (Å²) < 4.78 is 35.2. The fraction of sp³-hybridized carbons (Fsp3) is 0.444. The summed E-state index contributed by atoms with van der Waals surface area (Å²) in [5, 5.41) is 2.30. The Morgan fingerprint density at radius 1 is 1.36 bits per heavy atom. The minimum absolute atomic E-state index is 0.187. The zero-order valence-corrected chi connectivity index (χ0v) is 7.73. The van der Waals surface area contributed by atoms with Crippen molar-refractivity contribution in [1.29, 1.82) is 0 Å². The second kappa shape index (κ2) is 4.41. The average molecular weight is 204 g/mol. The Bertz CT molecular complexity index is 279. The van der Waals surface area contributed by atoms with E-state index in [9.17, 15) is 13.2 Å². The quantitative estimate of drug-likeness (QED) is 0.815. The van der Waals surface area contributed by atoms with Crippen LogP contribution in [0.1, 0.15) is 11.3 Å². The molecule has 0 saturated carbocycles. The van der Waals surface area contributed by atoms with Crippen molar-refractivity contribution < 1.29 is 13.2 Å². The van der Waals surface area contributed by atoms with Gasteiger partial charge in [0.25, 0.3) is 0 Å². The lowest BCUT2D eigenvalue weighted by atomic mass is 10.2. The summed E-state index contributed by atoms with van der Waals surface area (Å²) in [7, 11) is 0. The molecule has 1 rings (SSSR count). The normalized spacial score (nSPS) is 11.7. The van der Waals surface area contributed by atoms with E-state index in [1.165, 1.54) is 0 Å². The van der Waals surface area contributed by atoms with Gasteiger partial charge in [0.05, 0.1) is 6.54 Å². The number of hydrogen-bond acceptors (Lipinski definition) is 2. The van der Waals surface area contributed by atoms with E-state index in [4.69, 9.17) is 0 Å². The van der Waals surface area contributed by atoms with E-state index < -0.39 is 12.7 Å². The number of halogens is 3. The van der Waals surface area contributed by atoms with Crippen LogP contribution in [0.25, 0.3) is 0 Å². The molecule has 1 heterocycles. The van der Waals surface area contributed by atoms with E-state index in [-0.39, 0.29) is 6.54 Å². The standard InChI is InChI=1S/C9H11F3N2/c1-7-2-3-8(5-14-7)4-13-6-9(10,11)12/h2-3,5,13H,4,6H2,1H3. The Balaban J connectivity index is 2.35. The highest BCUT2D eigenvalue weighted by Crippen LogP contribution is 2.12. The second-order valence-corrected chi connectivity index (χ2v) is 3.03. The molecule has 0 spiro atoms. The SMILES string of the molecule is Cc1ccc(CNCC(F)(F)F)cn1. The first kappa shape index (κ1) is 11.0. The van der Waals surface area contributed by atoms with Gasteiger partial charge in [0.1, 0.15) is 0 Å². The van der Waals surface area contributed by atoms with Gasteiger partial charge in [-0.2, -0.15) is 13.2 Å². The molecule has 1 aromatic heterocycles. The number of hydrogen-bond donors (Lipinski definition) is 1. The first-order valence-electron chi connectivity index (χ1n) is 4.16. The third-order valence-corrected chi connectivity index (χ3v) is 1.63. The Kier molecular flexibility index (Phi) is 3.46. The van der Waals surface area contributed by atoms with Crippen LogP contribution in [0.2, 0.25) is 0 Å². The molecule has 0 fully saturated rings. The number of pyridine rings is 1. The molecule has 14 heavy (non-hydrogen) atoms. The molecule has 0 atom stereocenters. The smallest absolute Gasteiger partial charge is 0.305 e. The molecule has 1 N–H and O–H groups in total. The van der Waals surface area contributed by atoms with Crippen LogP contribution in [0.5, 0.6) is 0 Å². The molecule has 2 nitrogen and oxygen atoms in total. The molecular weight excluding hydrogens is 193 g/mol. The summed E-state index contributed by atoms with van der Waals surface area (Å²) in [6, 6.07) is 3.52. The molecule has 0 radical (unpaired) electrons. The van der Waals surface area contributed by atoms with Crippen molar-refractivity contribution in [2.45, 2.75) is 19.6 Å². The number of nitrogens with one attached hydrogen (secondary N) is 1. The number of aryl methyl sites for hydroxylation is 1. The number of alkyl halides is 3. The predicted octanol–water partition coefficient (Wildman–Crippen LogP) is 2.04. The maximum absolute atomic E-state index is 11.7. The van der Waals surface area contributed by atoms with Crippen molar-refractivity contribution in [2.24, 2.45) is 0 Å². The Labute approximate surface area is 80.2 Å². The Hall–Kier alpha value is -1.10. The van der Waals surface area contributed by atoms with E-state index in [1.807, 2.05) is 6.92 Å². The van der Waals surface area contributed by atoms with Gasteiger partial charge in [-0.15, -0.1) is 0 Å². The molecule has 0 bridgehead atoms. The average Bonchev–Trinajstić information content (AvgIpc) is 2.06. The highest BCUT2D eigenvalue weighted by Gasteiger charge is 2.25. The van der Waals surface area contributed by atoms with Gasteiger partial charge in [0.2, 0.25) is 0 Å². The topological polar surface area (TPSA) is 24.9 Å². The van der Waals surface area contributed by atoms with Crippen molar-refractivity contribution in [3.8, 4) is 0 Å². The van der Waals surface area contributed by atoms with Crippen LogP contribution < -0.4 is 5.32 Å². The third-order valence-electron chi connectivity index (χ3n) is 1.63. The Morgan fingerprint density at radius 2 is 2.07 bits per heavy atom. The lowest BCUT2D eigenvalue weighted by molar-refractivity contribution is -0.125. The van der Waals surface area contributed by atoms with Crippen LogP contribution in [0.15, 0.2) is 18.3 Å². The molecule has 78 valence electrons. The van der Waals surface area contributed by atoms with E-state index in [1.54, 1.807) is 18.3 Å². The highest BCUT2D eigenvalue weighted by molar-refractivity contribution is 5.12. The van der Waals surface area contributed by atoms with Gasteiger partial charge in [-0.05, 0) is 18.6 Å². The van der Waals surface area contributed by atoms with Crippen molar-refractivity contribution in [3.63, 3.8) is 0 Å². The minimum atomic E-state index is -4.15. The minimum Gasteiger partial charge on any atom is -0.305 e. The van der Waals surface area contributed by atoms with Crippen LogP contribution in [0.3, 0.4) is 0 Å². The van der Waals surface area contributed by atoms with Gasteiger partial charge < -0.3 is 5.32 Å². The molecule has 0 aliphatic rings. The zero-order valence-electron chi connectivity index (χ0n) is 7.73. The lowest BCUT2D eigenvalue weighted by Gasteiger charge is -2.07. The molecule has 0 saturated heterocycles. The van der Waals surface area contributed by atoms with E-state index in [2.05, 4.69) is 10.3 Å². The van der Waals surface area contributed by atoms with Crippen molar-refractivity contribution in [1.82, 2.24) is 10.3 Å². The lowest BCUT2D eigenvalue weighted by Crippen LogP contribution is -2.28. The van der Waals surface area contributed by atoms with Gasteiger partial charge in [0.15, 0.2) is 0 Å². The third kappa shape index (κ3) is 4.23. The fourth-order valence-electron chi connectivity index (χ4n) is 0.952. The summed E-state index contributed by atoms with van der Waals surface area (Å²) in [5.74, 6) is 0. The van der Waals surface area contributed by atoms with Crippen molar-refractivity contribution in [2.75, 3.05) is 6.54 Å². The van der Waals surface area contributed by atoms with E-state index in [0.29, 0.717) is 0 Å². The molecule has 0 aromatic carbocycles. The summed E-state index contributed by atoms with van der Waals surface area (Å²) >= 11 is 0. The van der Waals surface area contributed by atoms with Crippen LogP contribution in [-0.2, 0) is 6.54 Å². The maximum atomic E-state index is 11.7. The summed E-state index contributed by atoms with van der Waals surface area (Å²) in [6.45, 7) is 1.04. The molecule has 1 aromatic rings. The number of rotatable bonds is 3. The fourth-order valence-corrected chi connectivity index (χ4v) is 0.952. The molecular formula is C9H11F3N2. The molecule has 0 aliphatic heterocycles. The van der Waals surface area contributed by atoms with Gasteiger partial charge in [-0.1, -0.05) is 6.07 Å². The second-order valence-electron chi connectivity index (χ2n) is 3.03. The first-order chi connectivity index (χ1) is 6.47. The van der Waals surface area contributed by atoms with E-state index >= 15 is 0 Å². The Morgan fingerprint density at radius 3 is 2.57 bits per heavy atom. The molecule has 0 unspecified atom stereocenters. The predicted molar refractivity (Wildman–Crippen MR) is 46.7 cm³/mol. The van der Waals surface area contributed by atoms with E-state index in [0.717, 1.165) is 11.3 Å². The molecule has 5 heteroatoms. The van der Waals surface area contributed by atoms with Crippen LogP contribution in [0.4, 0.5) is 13.2 Å². The van der Waals surface area contributed by atoms with Crippen molar-refractivity contribution in [3.05, 3.63) is 29.6 Å². The highest BCUT2D eigenvalue weighted by atomic mass is 19.4. The van der Waals surface area contributed by atoms with Gasteiger partial charge in [-0.3, -0.25) is 4.98 Å². The zero-order chi connectivity index (χ0) is 10.6. The van der Waals surface area contributed by atoms with Crippen LogP contribution in [0, 0.1) is 6.92 Å². The number of nitrogens with zero attached hydrogens (tertiary/aromatic N) is 1. The number of aromatic nitrogens is 1. The maximum Gasteiger partial charge on any atom is 0.401 e. The molecule has 0 amide bonds. The summed E-state index contributed by atoms with van der Waals surface area (Å²) in [4.78, 5) is 3.97.